The highest BCUT2D eigenvalue weighted by atomic mass is 16.4. The number of aliphatic hydroxyl groups is 1. The van der Waals surface area contributed by atoms with Crippen LogP contribution in [0.15, 0.2) is 0 Å². The van der Waals surface area contributed by atoms with Crippen molar-refractivity contribution >= 4 is 11.9 Å². The van der Waals surface area contributed by atoms with Gasteiger partial charge in [0, 0.05) is 19.0 Å². The molecule has 1 aliphatic heterocycles. The quantitative estimate of drug-likeness (QED) is 0.625. The Hall–Kier alpha value is -1.10. The fraction of sp³-hybridized carbons (Fsp3) is 0.778. The predicted molar refractivity (Wildman–Crippen MR) is 46.5 cm³/mol. The molecule has 1 aliphatic carbocycles. The highest BCUT2D eigenvalue weighted by molar-refractivity contribution is 5.86. The van der Waals surface area contributed by atoms with Crippen molar-refractivity contribution in [2.45, 2.75) is 31.4 Å². The summed E-state index contributed by atoms with van der Waals surface area (Å²) in [6.45, 7) is 0.311. The predicted octanol–water partition coefficient (Wildman–Crippen LogP) is -0.557. The Morgan fingerprint density at radius 1 is 1.43 bits per heavy atom. The van der Waals surface area contributed by atoms with Crippen LogP contribution in [0.25, 0.3) is 0 Å². The zero-order chi connectivity index (χ0) is 10.3. The maximum absolute atomic E-state index is 11.4. The van der Waals surface area contributed by atoms with Crippen LogP contribution in [0, 0.1) is 5.92 Å². The minimum Gasteiger partial charge on any atom is -0.481 e. The Labute approximate surface area is 81.3 Å². The van der Waals surface area contributed by atoms with Gasteiger partial charge < -0.3 is 15.1 Å². The second-order valence-corrected chi connectivity index (χ2v) is 4.06. The zero-order valence-electron chi connectivity index (χ0n) is 7.72. The molecule has 2 fully saturated rings. The number of hydrogen-bond acceptors (Lipinski definition) is 3. The van der Waals surface area contributed by atoms with E-state index in [1.54, 1.807) is 4.90 Å². The van der Waals surface area contributed by atoms with Crippen molar-refractivity contribution in [3.63, 3.8) is 0 Å². The SMILES string of the molecule is O=C(O)C1CC(=O)N(C2CC(O)C2)C1. The van der Waals surface area contributed by atoms with Crippen molar-refractivity contribution < 1.29 is 19.8 Å². The van der Waals surface area contributed by atoms with Crippen molar-refractivity contribution in [2.75, 3.05) is 6.54 Å². The lowest BCUT2D eigenvalue weighted by atomic mass is 9.88. The summed E-state index contributed by atoms with van der Waals surface area (Å²) in [6, 6.07) is 0.0712. The van der Waals surface area contributed by atoms with Gasteiger partial charge in [0.25, 0.3) is 0 Å². The molecule has 5 nitrogen and oxygen atoms in total. The molecular formula is C9H13NO4. The van der Waals surface area contributed by atoms with Gasteiger partial charge in [0.15, 0.2) is 0 Å². The van der Waals surface area contributed by atoms with Gasteiger partial charge in [0.05, 0.1) is 12.0 Å². The number of carbonyl (C=O) groups excluding carboxylic acids is 1. The average molecular weight is 199 g/mol. The molecule has 1 heterocycles. The van der Waals surface area contributed by atoms with Gasteiger partial charge in [0.1, 0.15) is 0 Å². The van der Waals surface area contributed by atoms with E-state index in [4.69, 9.17) is 10.2 Å². The summed E-state index contributed by atoms with van der Waals surface area (Å²) in [5.74, 6) is -1.55. The number of carbonyl (C=O) groups is 2. The van der Waals surface area contributed by atoms with Gasteiger partial charge in [-0.1, -0.05) is 0 Å². The molecule has 2 rings (SSSR count). The Morgan fingerprint density at radius 2 is 2.07 bits per heavy atom. The number of likely N-dealkylation sites (tertiary alicyclic amines) is 1. The number of hydrogen-bond donors (Lipinski definition) is 2. The van der Waals surface area contributed by atoms with Crippen LogP contribution < -0.4 is 0 Å². The third-order valence-corrected chi connectivity index (χ3v) is 3.04. The Balaban J connectivity index is 1.95. The topological polar surface area (TPSA) is 77.8 Å². The fourth-order valence-corrected chi connectivity index (χ4v) is 2.06. The van der Waals surface area contributed by atoms with Crippen LogP contribution in [0.2, 0.25) is 0 Å². The molecule has 5 heteroatoms. The first-order valence-electron chi connectivity index (χ1n) is 4.78. The highest BCUT2D eigenvalue weighted by Crippen LogP contribution is 2.30. The van der Waals surface area contributed by atoms with E-state index in [0.29, 0.717) is 19.4 Å². The second-order valence-electron chi connectivity index (χ2n) is 4.06. The largest absolute Gasteiger partial charge is 0.481 e. The molecule has 2 N–H and O–H groups in total. The van der Waals surface area contributed by atoms with E-state index < -0.39 is 11.9 Å². The standard InChI is InChI=1S/C9H13NO4/c11-7-2-6(3-7)10-4-5(9(13)14)1-8(10)12/h5-7,11H,1-4H2,(H,13,14). The maximum atomic E-state index is 11.4. The highest BCUT2D eigenvalue weighted by Gasteiger charge is 2.42. The molecule has 0 radical (unpaired) electrons. The number of carboxylic acids is 1. The summed E-state index contributed by atoms with van der Waals surface area (Å²) >= 11 is 0. The number of nitrogens with zero attached hydrogens (tertiary/aromatic N) is 1. The lowest BCUT2D eigenvalue weighted by Crippen LogP contribution is -2.48. The zero-order valence-corrected chi connectivity index (χ0v) is 7.72. The maximum Gasteiger partial charge on any atom is 0.308 e. The van der Waals surface area contributed by atoms with E-state index in [2.05, 4.69) is 0 Å². The van der Waals surface area contributed by atoms with E-state index in [9.17, 15) is 9.59 Å². The van der Waals surface area contributed by atoms with Crippen LogP contribution in [0.4, 0.5) is 0 Å². The van der Waals surface area contributed by atoms with Crippen LogP contribution in [-0.2, 0) is 9.59 Å². The molecule has 2 aliphatic rings. The summed E-state index contributed by atoms with van der Waals surface area (Å²) < 4.78 is 0. The van der Waals surface area contributed by atoms with Gasteiger partial charge in [-0.15, -0.1) is 0 Å². The summed E-state index contributed by atoms with van der Waals surface area (Å²) in [5.41, 5.74) is 0. The van der Waals surface area contributed by atoms with E-state index in [1.807, 2.05) is 0 Å². The lowest BCUT2D eigenvalue weighted by Gasteiger charge is -2.38. The van der Waals surface area contributed by atoms with E-state index in [0.717, 1.165) is 0 Å². The first kappa shape index (κ1) is 9.45. The molecule has 14 heavy (non-hydrogen) atoms. The molecule has 78 valence electrons. The van der Waals surface area contributed by atoms with Crippen molar-refractivity contribution in [1.82, 2.24) is 4.90 Å². The van der Waals surface area contributed by atoms with Gasteiger partial charge in [-0.3, -0.25) is 9.59 Å². The lowest BCUT2D eigenvalue weighted by molar-refractivity contribution is -0.141. The molecule has 0 aromatic carbocycles. The fourth-order valence-electron chi connectivity index (χ4n) is 2.06. The number of carboxylic acid groups (broad SMARTS) is 1. The monoisotopic (exact) mass is 199 g/mol. The Kier molecular flexibility index (Phi) is 2.19. The minimum atomic E-state index is -0.902. The van der Waals surface area contributed by atoms with E-state index >= 15 is 0 Å². The number of aliphatic hydroxyl groups excluding tert-OH is 1. The Morgan fingerprint density at radius 3 is 2.50 bits per heavy atom. The van der Waals surface area contributed by atoms with Gasteiger partial charge in [-0.05, 0) is 12.8 Å². The summed E-state index contributed by atoms with van der Waals surface area (Å²) in [6.07, 6.45) is 0.995. The molecule has 1 atom stereocenters. The number of amides is 1. The van der Waals surface area contributed by atoms with Crippen molar-refractivity contribution in [1.29, 1.82) is 0 Å². The molecule has 0 bridgehead atoms. The molecule has 1 unspecified atom stereocenters. The van der Waals surface area contributed by atoms with Gasteiger partial charge in [-0.2, -0.15) is 0 Å². The molecule has 0 aromatic heterocycles. The molecule has 1 amide bonds. The second kappa shape index (κ2) is 3.24. The summed E-state index contributed by atoms with van der Waals surface area (Å²) in [7, 11) is 0. The van der Waals surface area contributed by atoms with Gasteiger partial charge >= 0.3 is 5.97 Å². The molecule has 1 saturated carbocycles. The van der Waals surface area contributed by atoms with E-state index in [-0.39, 0.29) is 24.5 Å². The number of aliphatic carboxylic acids is 1. The van der Waals surface area contributed by atoms with Crippen LogP contribution in [0.5, 0.6) is 0 Å². The van der Waals surface area contributed by atoms with Gasteiger partial charge in [-0.25, -0.2) is 0 Å². The molecular weight excluding hydrogens is 186 g/mol. The van der Waals surface area contributed by atoms with Crippen molar-refractivity contribution in [3.05, 3.63) is 0 Å². The van der Waals surface area contributed by atoms with Crippen molar-refractivity contribution in [2.24, 2.45) is 5.92 Å². The van der Waals surface area contributed by atoms with Gasteiger partial charge in [0.2, 0.25) is 5.91 Å². The summed E-state index contributed by atoms with van der Waals surface area (Å²) in [5, 5.41) is 17.8. The van der Waals surface area contributed by atoms with Crippen LogP contribution in [0.1, 0.15) is 19.3 Å². The van der Waals surface area contributed by atoms with Crippen LogP contribution in [0.3, 0.4) is 0 Å². The van der Waals surface area contributed by atoms with Crippen LogP contribution in [-0.4, -0.2) is 45.7 Å². The molecule has 0 spiro atoms. The first-order chi connectivity index (χ1) is 6.58. The van der Waals surface area contributed by atoms with Crippen LogP contribution >= 0.6 is 0 Å². The minimum absolute atomic E-state index is 0.0712. The molecule has 0 aromatic rings. The first-order valence-corrected chi connectivity index (χ1v) is 4.78. The smallest absolute Gasteiger partial charge is 0.308 e. The number of rotatable bonds is 2. The van der Waals surface area contributed by atoms with E-state index in [1.165, 1.54) is 0 Å². The van der Waals surface area contributed by atoms with Crippen molar-refractivity contribution in [3.8, 4) is 0 Å². The third kappa shape index (κ3) is 1.48. The normalized spacial score (nSPS) is 37.1. The third-order valence-electron chi connectivity index (χ3n) is 3.04. The molecule has 1 saturated heterocycles. The average Bonchev–Trinajstić information content (AvgIpc) is 2.42. The summed E-state index contributed by atoms with van der Waals surface area (Å²) in [4.78, 5) is 23.7. The Bertz CT molecular complexity index is 272.